The van der Waals surface area contributed by atoms with Crippen LogP contribution >= 0.6 is 11.3 Å². The highest BCUT2D eigenvalue weighted by atomic mass is 32.1. The Bertz CT molecular complexity index is 1190. The van der Waals surface area contributed by atoms with Gasteiger partial charge in [0.15, 0.2) is 0 Å². The number of thiazole rings is 1. The van der Waals surface area contributed by atoms with Crippen molar-refractivity contribution in [3.8, 4) is 5.75 Å². The van der Waals surface area contributed by atoms with Crippen LogP contribution in [0, 0.1) is 0 Å². The van der Waals surface area contributed by atoms with Gasteiger partial charge >= 0.3 is 0 Å². The van der Waals surface area contributed by atoms with E-state index in [-0.39, 0.29) is 11.8 Å². The molecule has 0 bridgehead atoms. The molecule has 1 fully saturated rings. The van der Waals surface area contributed by atoms with Crippen molar-refractivity contribution in [2.24, 2.45) is 0 Å². The molecule has 4 rings (SSSR count). The van der Waals surface area contributed by atoms with Gasteiger partial charge in [-0.05, 0) is 56.9 Å². The van der Waals surface area contributed by atoms with E-state index in [2.05, 4.69) is 20.9 Å². The van der Waals surface area contributed by atoms with Gasteiger partial charge in [0.05, 0.1) is 17.2 Å². The minimum absolute atomic E-state index is 0.171. The van der Waals surface area contributed by atoms with Gasteiger partial charge < -0.3 is 20.7 Å². The SMILES string of the molecule is CC(C)(C)NC(=O)C(Cc1ccc(OCc2ccccc2)cc1)NC(=O)C(Cc1cscn1)NC1CCCCC1. The molecule has 2 amide bonds. The third-order valence-electron chi connectivity index (χ3n) is 7.00. The predicted octanol–water partition coefficient (Wildman–Crippen LogP) is 5.20. The van der Waals surface area contributed by atoms with Crippen molar-refractivity contribution in [1.82, 2.24) is 20.9 Å². The summed E-state index contributed by atoms with van der Waals surface area (Å²) in [5.74, 6) is 0.387. The van der Waals surface area contributed by atoms with Gasteiger partial charge in [-0.1, -0.05) is 61.7 Å². The standard InChI is InChI=1S/C32H42N4O3S/c1-32(2,3)36-31(38)28(18-23-14-16-27(17-15-23)39-20-24-10-6-4-7-11-24)35-30(37)29(19-26-21-40-22-33-26)34-25-12-8-5-9-13-25/h4,6-7,10-11,14-17,21-22,25,28-29,34H,5,8-9,12-13,18-20H2,1-3H3,(H,35,37)(H,36,38). The van der Waals surface area contributed by atoms with Crippen LogP contribution in [0.1, 0.15) is 69.7 Å². The molecule has 2 unspecified atom stereocenters. The topological polar surface area (TPSA) is 92.4 Å². The van der Waals surface area contributed by atoms with E-state index in [1.165, 1.54) is 30.6 Å². The molecular formula is C32H42N4O3S. The highest BCUT2D eigenvalue weighted by Gasteiger charge is 2.30. The average molecular weight is 563 g/mol. The summed E-state index contributed by atoms with van der Waals surface area (Å²) in [7, 11) is 0. The molecule has 1 aromatic heterocycles. The molecule has 0 radical (unpaired) electrons. The molecular weight excluding hydrogens is 520 g/mol. The fraction of sp³-hybridized carbons (Fsp3) is 0.469. The molecule has 8 heteroatoms. The van der Waals surface area contributed by atoms with Crippen LogP contribution in [0.4, 0.5) is 0 Å². The van der Waals surface area contributed by atoms with Gasteiger partial charge in [0.1, 0.15) is 18.4 Å². The zero-order chi connectivity index (χ0) is 28.4. The zero-order valence-electron chi connectivity index (χ0n) is 23.8. The molecule has 2 aromatic carbocycles. The monoisotopic (exact) mass is 562 g/mol. The number of carbonyl (C=O) groups excluding carboxylic acids is 2. The van der Waals surface area contributed by atoms with E-state index in [0.717, 1.165) is 35.4 Å². The highest BCUT2D eigenvalue weighted by molar-refractivity contribution is 7.07. The summed E-state index contributed by atoms with van der Waals surface area (Å²) >= 11 is 1.52. The Morgan fingerprint density at radius 1 is 0.925 bits per heavy atom. The molecule has 1 aliphatic carbocycles. The fourth-order valence-electron chi connectivity index (χ4n) is 4.97. The predicted molar refractivity (Wildman–Crippen MR) is 160 cm³/mol. The molecule has 0 aliphatic heterocycles. The largest absolute Gasteiger partial charge is 0.489 e. The van der Waals surface area contributed by atoms with Crippen LogP contribution in [0.5, 0.6) is 5.75 Å². The van der Waals surface area contributed by atoms with E-state index in [9.17, 15) is 9.59 Å². The quantitative estimate of drug-likeness (QED) is 0.282. The number of rotatable bonds is 12. The highest BCUT2D eigenvalue weighted by Crippen LogP contribution is 2.19. The number of amides is 2. The summed E-state index contributed by atoms with van der Waals surface area (Å²) in [6.45, 7) is 6.32. The average Bonchev–Trinajstić information content (AvgIpc) is 3.45. The zero-order valence-corrected chi connectivity index (χ0v) is 24.6. The maximum absolute atomic E-state index is 13.7. The van der Waals surface area contributed by atoms with Crippen molar-refractivity contribution in [2.75, 3.05) is 0 Å². The number of ether oxygens (including phenoxy) is 1. The summed E-state index contributed by atoms with van der Waals surface area (Å²) in [5.41, 5.74) is 4.29. The van der Waals surface area contributed by atoms with Crippen molar-refractivity contribution in [3.63, 3.8) is 0 Å². The van der Waals surface area contributed by atoms with Gasteiger partial charge in [-0.3, -0.25) is 9.59 Å². The van der Waals surface area contributed by atoms with Crippen molar-refractivity contribution < 1.29 is 14.3 Å². The molecule has 0 spiro atoms. The third kappa shape index (κ3) is 9.75. The number of aromatic nitrogens is 1. The Labute approximate surface area is 242 Å². The number of hydrogen-bond donors (Lipinski definition) is 3. The van der Waals surface area contributed by atoms with Crippen molar-refractivity contribution in [1.29, 1.82) is 0 Å². The third-order valence-corrected chi connectivity index (χ3v) is 7.63. The Hall–Kier alpha value is -3.23. The second-order valence-corrected chi connectivity index (χ2v) is 12.4. The molecule has 3 aromatic rings. The van der Waals surface area contributed by atoms with Crippen LogP contribution in [0.25, 0.3) is 0 Å². The first-order chi connectivity index (χ1) is 19.2. The van der Waals surface area contributed by atoms with Crippen LogP contribution in [0.15, 0.2) is 65.5 Å². The van der Waals surface area contributed by atoms with Gasteiger partial charge in [0.25, 0.3) is 0 Å². The summed E-state index contributed by atoms with van der Waals surface area (Å²) in [6.07, 6.45) is 6.58. The van der Waals surface area contributed by atoms with E-state index < -0.39 is 17.6 Å². The van der Waals surface area contributed by atoms with E-state index >= 15 is 0 Å². The Balaban J connectivity index is 1.44. The molecule has 7 nitrogen and oxygen atoms in total. The van der Waals surface area contributed by atoms with Crippen molar-refractivity contribution in [2.45, 2.75) is 96.0 Å². The molecule has 2 atom stereocenters. The molecule has 3 N–H and O–H groups in total. The number of nitrogens with one attached hydrogen (secondary N) is 3. The second kappa shape index (κ2) is 14.4. The van der Waals surface area contributed by atoms with Crippen LogP contribution in [0.2, 0.25) is 0 Å². The fourth-order valence-corrected chi connectivity index (χ4v) is 5.54. The van der Waals surface area contributed by atoms with Gasteiger partial charge in [-0.15, -0.1) is 11.3 Å². The number of nitrogens with zero attached hydrogens (tertiary/aromatic N) is 1. The lowest BCUT2D eigenvalue weighted by Gasteiger charge is -2.30. The lowest BCUT2D eigenvalue weighted by atomic mass is 9.94. The normalized spacial score (nSPS) is 15.7. The first kappa shape index (κ1) is 29.7. The van der Waals surface area contributed by atoms with E-state index in [1.54, 1.807) is 5.51 Å². The van der Waals surface area contributed by atoms with Gasteiger partial charge in [0.2, 0.25) is 11.8 Å². The maximum atomic E-state index is 13.7. The van der Waals surface area contributed by atoms with Crippen LogP contribution < -0.4 is 20.7 Å². The summed E-state index contributed by atoms with van der Waals surface area (Å²) in [6, 6.07) is 16.9. The summed E-state index contributed by atoms with van der Waals surface area (Å²) < 4.78 is 5.92. The molecule has 1 saturated carbocycles. The molecule has 0 saturated heterocycles. The van der Waals surface area contributed by atoms with Gasteiger partial charge in [0, 0.05) is 29.8 Å². The Morgan fingerprint density at radius 2 is 1.65 bits per heavy atom. The Kier molecular flexibility index (Phi) is 10.7. The van der Waals surface area contributed by atoms with Gasteiger partial charge in [-0.25, -0.2) is 4.98 Å². The van der Waals surface area contributed by atoms with E-state index in [1.807, 2.05) is 80.7 Å². The Morgan fingerprint density at radius 3 is 2.30 bits per heavy atom. The number of hydrogen-bond acceptors (Lipinski definition) is 6. The number of carbonyl (C=O) groups is 2. The minimum atomic E-state index is -0.714. The molecule has 214 valence electrons. The smallest absolute Gasteiger partial charge is 0.243 e. The minimum Gasteiger partial charge on any atom is -0.489 e. The van der Waals surface area contributed by atoms with Crippen molar-refractivity contribution >= 4 is 23.2 Å². The number of benzene rings is 2. The molecule has 40 heavy (non-hydrogen) atoms. The van der Waals surface area contributed by atoms with Crippen LogP contribution in [-0.2, 0) is 29.0 Å². The van der Waals surface area contributed by atoms with E-state index in [0.29, 0.717) is 25.5 Å². The maximum Gasteiger partial charge on any atom is 0.243 e. The summed E-state index contributed by atoms with van der Waals surface area (Å²) in [4.78, 5) is 31.5. The lowest BCUT2D eigenvalue weighted by molar-refractivity contribution is -0.131. The van der Waals surface area contributed by atoms with Crippen LogP contribution in [0.3, 0.4) is 0 Å². The first-order valence-corrected chi connectivity index (χ1v) is 15.2. The second-order valence-electron chi connectivity index (χ2n) is 11.7. The van der Waals surface area contributed by atoms with Crippen molar-refractivity contribution in [3.05, 3.63) is 82.3 Å². The van der Waals surface area contributed by atoms with Gasteiger partial charge in [-0.2, -0.15) is 0 Å². The van der Waals surface area contributed by atoms with E-state index in [4.69, 9.17) is 4.74 Å². The van der Waals surface area contributed by atoms with Crippen LogP contribution in [-0.4, -0.2) is 40.5 Å². The molecule has 1 heterocycles. The first-order valence-electron chi connectivity index (χ1n) is 14.3. The molecule has 1 aliphatic rings. The summed E-state index contributed by atoms with van der Waals surface area (Å²) in [5, 5.41) is 11.7. The lowest BCUT2D eigenvalue weighted by Crippen LogP contribution is -2.57.